The summed E-state index contributed by atoms with van der Waals surface area (Å²) in [5.74, 6) is 0.543. The van der Waals surface area contributed by atoms with E-state index in [-0.39, 0.29) is 18.3 Å². The minimum Gasteiger partial charge on any atom is -0.356 e. The summed E-state index contributed by atoms with van der Waals surface area (Å²) in [6, 6.07) is 1.91. The van der Waals surface area contributed by atoms with Crippen molar-refractivity contribution in [2.24, 2.45) is 11.7 Å². The predicted molar refractivity (Wildman–Crippen MR) is 83.8 cm³/mol. The second-order valence-electron chi connectivity index (χ2n) is 5.09. The highest BCUT2D eigenvalue weighted by molar-refractivity contribution is 5.85. The van der Waals surface area contributed by atoms with Crippen molar-refractivity contribution in [1.82, 2.24) is 15.1 Å². The van der Waals surface area contributed by atoms with Crippen molar-refractivity contribution in [2.75, 3.05) is 13.1 Å². The van der Waals surface area contributed by atoms with Gasteiger partial charge in [-0.25, -0.2) is 0 Å². The molecule has 0 fully saturated rings. The molecule has 1 aromatic heterocycles. The number of nitrogens with two attached hydrogens (primary N) is 1. The number of hydrogen-bond donors (Lipinski definition) is 2. The first kappa shape index (κ1) is 18.9. The second-order valence-corrected chi connectivity index (χ2v) is 5.09. The number of amides is 1. The van der Waals surface area contributed by atoms with Crippen molar-refractivity contribution in [3.8, 4) is 0 Å². The van der Waals surface area contributed by atoms with Crippen LogP contribution in [0.15, 0.2) is 18.5 Å². The van der Waals surface area contributed by atoms with Gasteiger partial charge in [0.25, 0.3) is 0 Å². The molecule has 0 bridgehead atoms. The number of hydrogen-bond acceptors (Lipinski definition) is 3. The van der Waals surface area contributed by atoms with Gasteiger partial charge in [0.1, 0.15) is 0 Å². The summed E-state index contributed by atoms with van der Waals surface area (Å²) in [6.07, 6.45) is 8.57. The van der Waals surface area contributed by atoms with Crippen molar-refractivity contribution >= 4 is 18.3 Å². The molecule has 0 saturated carbocycles. The number of nitrogens with zero attached hydrogens (tertiary/aromatic N) is 2. The van der Waals surface area contributed by atoms with Crippen LogP contribution in [0.3, 0.4) is 0 Å². The highest BCUT2D eigenvalue weighted by atomic mass is 35.5. The average Bonchev–Trinajstić information content (AvgIpc) is 2.89. The standard InChI is InChI=1S/C14H26N4O.ClH/c1-13(12-18-10-6-9-17-18)11-16-14(19)7-4-2-3-5-8-15;/h6,9-10,13H,2-5,7-8,11-12,15H2,1H3,(H,16,19);1H. The molecule has 0 radical (unpaired) electrons. The Labute approximate surface area is 127 Å². The lowest BCUT2D eigenvalue weighted by molar-refractivity contribution is -0.121. The van der Waals surface area contributed by atoms with Crippen LogP contribution in [-0.4, -0.2) is 28.8 Å². The van der Waals surface area contributed by atoms with E-state index in [4.69, 9.17) is 5.73 Å². The van der Waals surface area contributed by atoms with E-state index >= 15 is 0 Å². The van der Waals surface area contributed by atoms with Gasteiger partial charge in [0.2, 0.25) is 5.91 Å². The minimum absolute atomic E-state index is 0. The molecule has 116 valence electrons. The van der Waals surface area contributed by atoms with Crippen molar-refractivity contribution in [1.29, 1.82) is 0 Å². The fourth-order valence-corrected chi connectivity index (χ4v) is 1.95. The zero-order chi connectivity index (χ0) is 13.9. The molecular formula is C14H27ClN4O. The zero-order valence-corrected chi connectivity index (χ0v) is 13.1. The molecule has 20 heavy (non-hydrogen) atoms. The Morgan fingerprint density at radius 3 is 2.75 bits per heavy atom. The molecule has 0 spiro atoms. The Morgan fingerprint density at radius 1 is 1.35 bits per heavy atom. The summed E-state index contributed by atoms with van der Waals surface area (Å²) in [4.78, 5) is 11.6. The van der Waals surface area contributed by atoms with Crippen molar-refractivity contribution in [2.45, 2.75) is 45.6 Å². The first-order valence-electron chi connectivity index (χ1n) is 7.16. The molecule has 1 amide bonds. The quantitative estimate of drug-likeness (QED) is 0.649. The Hall–Kier alpha value is -1.07. The van der Waals surface area contributed by atoms with E-state index in [9.17, 15) is 4.79 Å². The highest BCUT2D eigenvalue weighted by Crippen LogP contribution is 2.03. The summed E-state index contributed by atoms with van der Waals surface area (Å²) >= 11 is 0. The molecule has 6 heteroatoms. The molecule has 1 aromatic rings. The van der Waals surface area contributed by atoms with Crippen LogP contribution in [0.2, 0.25) is 0 Å². The normalized spacial score (nSPS) is 11.7. The van der Waals surface area contributed by atoms with Gasteiger partial charge in [-0.05, 0) is 31.4 Å². The van der Waals surface area contributed by atoms with E-state index in [1.807, 2.05) is 16.9 Å². The van der Waals surface area contributed by atoms with Gasteiger partial charge in [0, 0.05) is 31.9 Å². The van der Waals surface area contributed by atoms with Gasteiger partial charge in [-0.3, -0.25) is 9.48 Å². The first-order chi connectivity index (χ1) is 9.22. The number of rotatable bonds is 10. The number of unbranched alkanes of at least 4 members (excludes halogenated alkanes) is 3. The summed E-state index contributed by atoms with van der Waals surface area (Å²) in [7, 11) is 0. The Balaban J connectivity index is 0.00000361. The number of halogens is 1. The first-order valence-corrected chi connectivity index (χ1v) is 7.16. The van der Waals surface area contributed by atoms with Crippen LogP contribution >= 0.6 is 12.4 Å². The molecule has 0 saturated heterocycles. The summed E-state index contributed by atoms with van der Waals surface area (Å²) in [5, 5.41) is 7.14. The van der Waals surface area contributed by atoms with Gasteiger partial charge < -0.3 is 11.1 Å². The van der Waals surface area contributed by atoms with Gasteiger partial charge in [-0.15, -0.1) is 12.4 Å². The van der Waals surface area contributed by atoms with Crippen molar-refractivity contribution in [3.63, 3.8) is 0 Å². The van der Waals surface area contributed by atoms with E-state index in [0.717, 1.165) is 38.8 Å². The van der Waals surface area contributed by atoms with Crippen LogP contribution in [-0.2, 0) is 11.3 Å². The topological polar surface area (TPSA) is 72.9 Å². The molecule has 0 aliphatic rings. The lowest BCUT2D eigenvalue weighted by atomic mass is 10.1. The van der Waals surface area contributed by atoms with Crippen molar-refractivity contribution in [3.05, 3.63) is 18.5 Å². The van der Waals surface area contributed by atoms with E-state index < -0.39 is 0 Å². The molecule has 0 aliphatic heterocycles. The Bertz CT molecular complexity index is 343. The molecule has 1 heterocycles. The number of aromatic nitrogens is 2. The third-order valence-electron chi connectivity index (χ3n) is 3.06. The second kappa shape index (κ2) is 11.7. The molecule has 1 atom stereocenters. The van der Waals surface area contributed by atoms with Crippen LogP contribution < -0.4 is 11.1 Å². The lowest BCUT2D eigenvalue weighted by Crippen LogP contribution is -2.29. The fourth-order valence-electron chi connectivity index (χ4n) is 1.95. The summed E-state index contributed by atoms with van der Waals surface area (Å²) in [5.41, 5.74) is 5.42. The number of nitrogens with one attached hydrogen (secondary N) is 1. The predicted octanol–water partition coefficient (Wildman–Crippen LogP) is 1.97. The lowest BCUT2D eigenvalue weighted by Gasteiger charge is -2.12. The zero-order valence-electron chi connectivity index (χ0n) is 12.3. The van der Waals surface area contributed by atoms with E-state index in [1.165, 1.54) is 0 Å². The third kappa shape index (κ3) is 8.93. The van der Waals surface area contributed by atoms with E-state index in [2.05, 4.69) is 17.3 Å². The molecule has 1 rings (SSSR count). The third-order valence-corrected chi connectivity index (χ3v) is 3.06. The number of carbonyl (C=O) groups excluding carboxylic acids is 1. The molecule has 0 aliphatic carbocycles. The maximum absolute atomic E-state index is 11.6. The Kier molecular flexibility index (Phi) is 11.1. The van der Waals surface area contributed by atoms with Gasteiger partial charge >= 0.3 is 0 Å². The highest BCUT2D eigenvalue weighted by Gasteiger charge is 2.06. The summed E-state index contributed by atoms with van der Waals surface area (Å²) < 4.78 is 1.89. The monoisotopic (exact) mass is 302 g/mol. The van der Waals surface area contributed by atoms with Crippen molar-refractivity contribution < 1.29 is 4.79 Å². The minimum atomic E-state index is 0. The van der Waals surface area contributed by atoms with Gasteiger partial charge in [-0.1, -0.05) is 19.8 Å². The average molecular weight is 303 g/mol. The molecule has 1 unspecified atom stereocenters. The maximum Gasteiger partial charge on any atom is 0.220 e. The summed E-state index contributed by atoms with van der Waals surface area (Å²) in [6.45, 7) is 4.41. The Morgan fingerprint density at radius 2 is 2.10 bits per heavy atom. The molecular weight excluding hydrogens is 276 g/mol. The largest absolute Gasteiger partial charge is 0.356 e. The SMILES string of the molecule is CC(CNC(=O)CCCCCCN)Cn1cccn1.Cl. The van der Waals surface area contributed by atoms with Gasteiger partial charge in [0.15, 0.2) is 0 Å². The van der Waals surface area contributed by atoms with Crippen LogP contribution in [0.1, 0.15) is 39.0 Å². The van der Waals surface area contributed by atoms with E-state index in [1.54, 1.807) is 6.20 Å². The van der Waals surface area contributed by atoms with Crippen LogP contribution in [0, 0.1) is 5.92 Å². The molecule has 0 aromatic carbocycles. The number of carbonyl (C=O) groups is 1. The molecule has 5 nitrogen and oxygen atoms in total. The van der Waals surface area contributed by atoms with Gasteiger partial charge in [-0.2, -0.15) is 5.10 Å². The maximum atomic E-state index is 11.6. The van der Waals surface area contributed by atoms with Gasteiger partial charge in [0.05, 0.1) is 0 Å². The van der Waals surface area contributed by atoms with E-state index in [0.29, 0.717) is 18.9 Å². The van der Waals surface area contributed by atoms with Crippen LogP contribution in [0.25, 0.3) is 0 Å². The molecule has 3 N–H and O–H groups in total. The fraction of sp³-hybridized carbons (Fsp3) is 0.714. The smallest absolute Gasteiger partial charge is 0.220 e. The van der Waals surface area contributed by atoms with Crippen LogP contribution in [0.4, 0.5) is 0 Å². The van der Waals surface area contributed by atoms with Crippen LogP contribution in [0.5, 0.6) is 0 Å².